The van der Waals surface area contributed by atoms with Crippen molar-refractivity contribution in [1.82, 2.24) is 19.6 Å². The summed E-state index contributed by atoms with van der Waals surface area (Å²) in [6.45, 7) is 5.53. The molecule has 2 heterocycles. The predicted molar refractivity (Wildman–Crippen MR) is 135 cm³/mol. The van der Waals surface area contributed by atoms with E-state index >= 15 is 0 Å². The highest BCUT2D eigenvalue weighted by molar-refractivity contribution is 9.10. The molecular weight excluding hydrogens is 512 g/mol. The van der Waals surface area contributed by atoms with Gasteiger partial charge in [0, 0.05) is 12.4 Å². The van der Waals surface area contributed by atoms with Crippen molar-refractivity contribution in [1.29, 1.82) is 0 Å². The average molecular weight is 539 g/mol. The van der Waals surface area contributed by atoms with Crippen molar-refractivity contribution in [2.75, 3.05) is 13.2 Å². The van der Waals surface area contributed by atoms with Crippen LogP contribution >= 0.6 is 15.9 Å². The second kappa shape index (κ2) is 13.2. The highest BCUT2D eigenvalue weighted by Crippen LogP contribution is 2.17. The Labute approximate surface area is 212 Å². The molecule has 2 aromatic heterocycles. The third kappa shape index (κ3) is 7.92. The van der Waals surface area contributed by atoms with Crippen LogP contribution in [0.2, 0.25) is 0 Å². The van der Waals surface area contributed by atoms with E-state index in [0.29, 0.717) is 42.2 Å². The number of nitrogens with zero attached hydrogens (tertiary/aromatic N) is 4. The van der Waals surface area contributed by atoms with E-state index in [-0.39, 0.29) is 5.97 Å². The third-order valence-electron chi connectivity index (χ3n) is 4.69. The van der Waals surface area contributed by atoms with Crippen molar-refractivity contribution >= 4 is 27.9 Å². The molecule has 9 heteroatoms. The number of ether oxygens (including phenoxy) is 2. The fourth-order valence-electron chi connectivity index (χ4n) is 3.12. The summed E-state index contributed by atoms with van der Waals surface area (Å²) in [6.07, 6.45) is 3.55. The Balaban J connectivity index is 0.000000196. The molecule has 4 rings (SSSR count). The maximum atomic E-state index is 11.6. The summed E-state index contributed by atoms with van der Waals surface area (Å²) in [5.74, 6) is -0.782. The lowest BCUT2D eigenvalue weighted by molar-refractivity contribution is 0.0508. The van der Waals surface area contributed by atoms with Crippen molar-refractivity contribution < 1.29 is 19.1 Å². The van der Waals surface area contributed by atoms with E-state index in [1.165, 1.54) is 0 Å². The monoisotopic (exact) mass is 538 g/mol. The van der Waals surface area contributed by atoms with E-state index < -0.39 is 5.97 Å². The van der Waals surface area contributed by atoms with Gasteiger partial charge in [-0.1, -0.05) is 60.7 Å². The minimum absolute atomic E-state index is 0.313. The molecule has 0 fully saturated rings. The summed E-state index contributed by atoms with van der Waals surface area (Å²) in [5.41, 5.74) is 2.93. The second-order valence-corrected chi connectivity index (χ2v) is 8.19. The molecule has 8 nitrogen and oxygen atoms in total. The Kier molecular flexibility index (Phi) is 9.80. The fraction of sp³-hybridized carbons (Fsp3) is 0.231. The van der Waals surface area contributed by atoms with Gasteiger partial charge in [-0.3, -0.25) is 9.36 Å². The molecule has 182 valence electrons. The van der Waals surface area contributed by atoms with Crippen molar-refractivity contribution in [3.05, 3.63) is 106 Å². The number of hydrogen-bond acceptors (Lipinski definition) is 6. The molecule has 2 aromatic carbocycles. The lowest BCUT2D eigenvalue weighted by Crippen LogP contribution is -2.08. The summed E-state index contributed by atoms with van der Waals surface area (Å²) in [4.78, 5) is 23.0. The normalized spacial score (nSPS) is 10.3. The Morgan fingerprint density at radius 1 is 0.771 bits per heavy atom. The van der Waals surface area contributed by atoms with E-state index in [4.69, 9.17) is 9.47 Å². The number of carbonyl (C=O) groups excluding carboxylic acids is 2. The molecule has 0 radical (unpaired) electrons. The summed E-state index contributed by atoms with van der Waals surface area (Å²) in [6, 6.07) is 21.6. The highest BCUT2D eigenvalue weighted by Gasteiger charge is 2.16. The van der Waals surface area contributed by atoms with Gasteiger partial charge in [0.1, 0.15) is 0 Å². The minimum atomic E-state index is -0.406. The van der Waals surface area contributed by atoms with E-state index in [9.17, 15) is 9.59 Å². The van der Waals surface area contributed by atoms with E-state index in [1.54, 1.807) is 41.7 Å². The fourth-order valence-corrected chi connectivity index (χ4v) is 3.60. The van der Waals surface area contributed by atoms with Crippen LogP contribution in [0.15, 0.2) is 83.6 Å². The van der Waals surface area contributed by atoms with Gasteiger partial charge in [0.2, 0.25) is 0 Å². The predicted octanol–water partition coefficient (Wildman–Crippen LogP) is 4.98. The Morgan fingerprint density at radius 2 is 1.31 bits per heavy atom. The standard InChI is InChI=1S/C13H13BrN2O2.C13H14N2O2/c1-2-18-13(17)12-11(14)9-16(15-12)8-10-6-4-3-5-7-10;1-2-17-13(16)12-8-9-15(14-12)10-11-6-4-3-5-7-11/h3-7,9H,2,8H2,1H3;3-9H,2,10H2,1H3. The van der Waals surface area contributed by atoms with Gasteiger partial charge in [0.05, 0.1) is 30.8 Å². The molecule has 0 unspecified atom stereocenters. The average Bonchev–Trinajstić information content (AvgIpc) is 3.47. The number of aromatic nitrogens is 4. The summed E-state index contributed by atoms with van der Waals surface area (Å²) in [7, 11) is 0. The molecule has 0 atom stereocenters. The first-order chi connectivity index (χ1) is 17.0. The van der Waals surface area contributed by atoms with Gasteiger partial charge in [-0.15, -0.1) is 0 Å². The Bertz CT molecular complexity index is 1220. The van der Waals surface area contributed by atoms with Gasteiger partial charge >= 0.3 is 11.9 Å². The largest absolute Gasteiger partial charge is 0.461 e. The molecular formula is C26H27BrN4O4. The first kappa shape index (κ1) is 25.9. The minimum Gasteiger partial charge on any atom is -0.461 e. The van der Waals surface area contributed by atoms with Crippen molar-refractivity contribution in [2.24, 2.45) is 0 Å². The maximum Gasteiger partial charge on any atom is 0.360 e. The summed E-state index contributed by atoms with van der Waals surface area (Å²) < 4.78 is 13.9. The van der Waals surface area contributed by atoms with Crippen LogP contribution in [-0.2, 0) is 22.6 Å². The van der Waals surface area contributed by atoms with Gasteiger partial charge in [0.15, 0.2) is 11.4 Å². The van der Waals surface area contributed by atoms with Crippen LogP contribution in [-0.4, -0.2) is 44.7 Å². The third-order valence-corrected chi connectivity index (χ3v) is 5.27. The summed E-state index contributed by atoms with van der Waals surface area (Å²) in [5, 5.41) is 8.39. The van der Waals surface area contributed by atoms with Crippen molar-refractivity contribution in [3.8, 4) is 0 Å². The maximum absolute atomic E-state index is 11.6. The molecule has 0 aliphatic carbocycles. The first-order valence-corrected chi connectivity index (χ1v) is 12.0. The molecule has 0 bridgehead atoms. The van der Waals surface area contributed by atoms with E-state index in [2.05, 4.69) is 26.1 Å². The van der Waals surface area contributed by atoms with Crippen LogP contribution in [0.3, 0.4) is 0 Å². The van der Waals surface area contributed by atoms with Gasteiger partial charge in [0.25, 0.3) is 0 Å². The molecule has 0 saturated carbocycles. The van der Waals surface area contributed by atoms with Gasteiger partial charge in [-0.2, -0.15) is 10.2 Å². The van der Waals surface area contributed by atoms with E-state index in [0.717, 1.165) is 11.1 Å². The lowest BCUT2D eigenvalue weighted by atomic mass is 10.2. The number of rotatable bonds is 8. The van der Waals surface area contributed by atoms with Crippen LogP contribution < -0.4 is 0 Å². The van der Waals surface area contributed by atoms with Gasteiger partial charge in [-0.05, 0) is 47.0 Å². The highest BCUT2D eigenvalue weighted by atomic mass is 79.9. The summed E-state index contributed by atoms with van der Waals surface area (Å²) >= 11 is 3.32. The van der Waals surface area contributed by atoms with Crippen LogP contribution in [0.25, 0.3) is 0 Å². The van der Waals surface area contributed by atoms with Crippen LogP contribution in [0.4, 0.5) is 0 Å². The molecule has 4 aromatic rings. The zero-order valence-corrected chi connectivity index (χ0v) is 21.2. The number of esters is 2. The Hall–Kier alpha value is -3.72. The zero-order valence-electron chi connectivity index (χ0n) is 19.6. The topological polar surface area (TPSA) is 88.2 Å². The number of halogens is 1. The van der Waals surface area contributed by atoms with Crippen molar-refractivity contribution in [2.45, 2.75) is 26.9 Å². The van der Waals surface area contributed by atoms with Crippen molar-refractivity contribution in [3.63, 3.8) is 0 Å². The van der Waals surface area contributed by atoms with E-state index in [1.807, 2.05) is 60.7 Å². The van der Waals surface area contributed by atoms with Crippen LogP contribution in [0.1, 0.15) is 46.0 Å². The lowest BCUT2D eigenvalue weighted by Gasteiger charge is -2.01. The molecule has 0 spiro atoms. The first-order valence-electron chi connectivity index (χ1n) is 11.2. The van der Waals surface area contributed by atoms with Crippen LogP contribution in [0.5, 0.6) is 0 Å². The molecule has 0 aliphatic heterocycles. The molecule has 0 amide bonds. The SMILES string of the molecule is CCOC(=O)c1ccn(Cc2ccccc2)n1.CCOC(=O)c1nn(Cc2ccccc2)cc1Br. The second-order valence-electron chi connectivity index (χ2n) is 7.33. The molecule has 0 aliphatic rings. The smallest absolute Gasteiger partial charge is 0.360 e. The molecule has 0 N–H and O–H groups in total. The van der Waals surface area contributed by atoms with Gasteiger partial charge < -0.3 is 9.47 Å². The van der Waals surface area contributed by atoms with Crippen LogP contribution in [0, 0.1) is 0 Å². The number of benzene rings is 2. The van der Waals surface area contributed by atoms with Gasteiger partial charge in [-0.25, -0.2) is 9.59 Å². The molecule has 35 heavy (non-hydrogen) atoms. The number of hydrogen-bond donors (Lipinski definition) is 0. The molecule has 0 saturated heterocycles. The quantitative estimate of drug-likeness (QED) is 0.294. The Morgan fingerprint density at radius 3 is 1.89 bits per heavy atom. The zero-order chi connectivity index (χ0) is 25.0. The number of carbonyl (C=O) groups is 2.